The minimum absolute atomic E-state index is 0.464. The van der Waals surface area contributed by atoms with Crippen LogP contribution in [-0.2, 0) is 4.52 Å². The zero-order valence-corrected chi connectivity index (χ0v) is 8.05. The van der Waals surface area contributed by atoms with Crippen molar-refractivity contribution < 1.29 is 14.3 Å². The summed E-state index contributed by atoms with van der Waals surface area (Å²) in [5, 5.41) is 0. The monoisotopic (exact) mass is 180 g/mol. The van der Waals surface area contributed by atoms with Gasteiger partial charge in [0.15, 0.2) is 0 Å². The summed E-state index contributed by atoms with van der Waals surface area (Å²) in [6.07, 6.45) is 3.19. The lowest BCUT2D eigenvalue weighted by atomic mass is 10.1. The van der Waals surface area contributed by atoms with Crippen molar-refractivity contribution in [2.24, 2.45) is 5.92 Å². The summed E-state index contributed by atoms with van der Waals surface area (Å²) in [4.78, 5) is 16.7. The first kappa shape index (κ1) is 11.3. The fraction of sp³-hybridized carbons (Fsp3) is 1.00. The molecule has 0 spiro atoms. The van der Waals surface area contributed by atoms with Crippen LogP contribution in [0, 0.1) is 5.92 Å². The van der Waals surface area contributed by atoms with Crippen LogP contribution in [0.3, 0.4) is 0 Å². The second-order valence-electron chi connectivity index (χ2n) is 2.98. The highest BCUT2D eigenvalue weighted by Crippen LogP contribution is 2.24. The maximum Gasteiger partial charge on any atom is 0.327 e. The molecule has 0 radical (unpaired) electrons. The van der Waals surface area contributed by atoms with E-state index in [0.29, 0.717) is 6.61 Å². The van der Waals surface area contributed by atoms with Crippen LogP contribution < -0.4 is 0 Å². The highest BCUT2D eigenvalue weighted by atomic mass is 31.2. The van der Waals surface area contributed by atoms with E-state index in [0.717, 1.165) is 18.8 Å². The summed E-state index contributed by atoms with van der Waals surface area (Å²) in [6, 6.07) is 0. The predicted molar refractivity (Wildman–Crippen MR) is 46.0 cm³/mol. The SMILES string of the molecule is CC(C)CCCCOP(O)O. The zero-order chi connectivity index (χ0) is 8.69. The van der Waals surface area contributed by atoms with E-state index >= 15 is 0 Å². The molecule has 2 N–H and O–H groups in total. The first-order valence-corrected chi connectivity index (χ1v) is 5.10. The van der Waals surface area contributed by atoms with Crippen molar-refractivity contribution in [2.75, 3.05) is 6.61 Å². The normalized spacial score (nSPS) is 11.5. The van der Waals surface area contributed by atoms with E-state index < -0.39 is 8.60 Å². The van der Waals surface area contributed by atoms with Gasteiger partial charge in [0.25, 0.3) is 0 Å². The van der Waals surface area contributed by atoms with Crippen LogP contribution in [0.25, 0.3) is 0 Å². The summed E-state index contributed by atoms with van der Waals surface area (Å²) in [6.45, 7) is 4.81. The molecule has 0 aliphatic carbocycles. The molecule has 0 aromatic heterocycles. The molecule has 0 amide bonds. The Labute approximate surface area is 69.4 Å². The lowest BCUT2D eigenvalue weighted by molar-refractivity contribution is 0.247. The Morgan fingerprint density at radius 1 is 1.27 bits per heavy atom. The third-order valence-electron chi connectivity index (χ3n) is 1.38. The standard InChI is InChI=1S/C7H17O3P/c1-7(2)5-3-4-6-10-11(8)9/h7-9H,3-6H2,1-2H3. The largest absolute Gasteiger partial charge is 0.328 e. The maximum atomic E-state index is 8.36. The molecule has 0 rings (SSSR count). The molecule has 0 aliphatic heterocycles. The third-order valence-corrected chi connectivity index (χ3v) is 1.80. The fourth-order valence-corrected chi connectivity index (χ4v) is 1.09. The van der Waals surface area contributed by atoms with Crippen LogP contribution >= 0.6 is 8.60 Å². The summed E-state index contributed by atoms with van der Waals surface area (Å²) < 4.78 is 4.60. The van der Waals surface area contributed by atoms with Crippen LogP contribution in [0.5, 0.6) is 0 Å². The summed E-state index contributed by atoms with van der Waals surface area (Å²) in [7, 11) is -2.13. The van der Waals surface area contributed by atoms with Crippen molar-refractivity contribution in [3.63, 3.8) is 0 Å². The Hall–Kier alpha value is 0.310. The molecule has 0 bridgehead atoms. The van der Waals surface area contributed by atoms with Crippen molar-refractivity contribution in [1.82, 2.24) is 0 Å². The first-order chi connectivity index (χ1) is 5.13. The van der Waals surface area contributed by atoms with Crippen LogP contribution in [0.2, 0.25) is 0 Å². The van der Waals surface area contributed by atoms with Gasteiger partial charge in [-0.25, -0.2) is 0 Å². The number of rotatable bonds is 6. The van der Waals surface area contributed by atoms with Crippen LogP contribution in [0.15, 0.2) is 0 Å². The van der Waals surface area contributed by atoms with E-state index in [4.69, 9.17) is 9.79 Å². The fourth-order valence-electron chi connectivity index (χ4n) is 0.801. The van der Waals surface area contributed by atoms with Gasteiger partial charge < -0.3 is 14.3 Å². The van der Waals surface area contributed by atoms with E-state index in [1.54, 1.807) is 0 Å². The quantitative estimate of drug-likeness (QED) is 0.485. The molecule has 0 heterocycles. The Balaban J connectivity index is 2.91. The number of unbranched alkanes of at least 4 members (excludes halogenated alkanes) is 1. The second-order valence-corrected chi connectivity index (χ2v) is 3.74. The van der Waals surface area contributed by atoms with Crippen molar-refractivity contribution in [1.29, 1.82) is 0 Å². The molecule has 0 saturated carbocycles. The summed E-state index contributed by atoms with van der Waals surface area (Å²) in [5.41, 5.74) is 0. The highest BCUT2D eigenvalue weighted by molar-refractivity contribution is 7.39. The molecule has 68 valence electrons. The van der Waals surface area contributed by atoms with Gasteiger partial charge in [-0.2, -0.15) is 0 Å². The van der Waals surface area contributed by atoms with E-state index in [2.05, 4.69) is 18.4 Å². The van der Waals surface area contributed by atoms with Gasteiger partial charge in [-0.3, -0.25) is 0 Å². The predicted octanol–water partition coefficient (Wildman–Crippen LogP) is 2.04. The maximum absolute atomic E-state index is 8.36. The number of hydrogen-bond donors (Lipinski definition) is 2. The van der Waals surface area contributed by atoms with Crippen molar-refractivity contribution in [3.05, 3.63) is 0 Å². The minimum atomic E-state index is -2.13. The topological polar surface area (TPSA) is 49.7 Å². The molecule has 0 aliphatic rings. The molecule has 11 heavy (non-hydrogen) atoms. The van der Waals surface area contributed by atoms with Crippen LogP contribution in [0.1, 0.15) is 33.1 Å². The number of hydrogen-bond acceptors (Lipinski definition) is 3. The third kappa shape index (κ3) is 10.3. The molecule has 0 atom stereocenters. The molecule has 0 fully saturated rings. The lowest BCUT2D eigenvalue weighted by Gasteiger charge is -2.05. The average molecular weight is 180 g/mol. The lowest BCUT2D eigenvalue weighted by Crippen LogP contribution is -1.92. The van der Waals surface area contributed by atoms with E-state index in [9.17, 15) is 0 Å². The van der Waals surface area contributed by atoms with Crippen LogP contribution in [0.4, 0.5) is 0 Å². The Morgan fingerprint density at radius 3 is 2.36 bits per heavy atom. The molecular weight excluding hydrogens is 163 g/mol. The Bertz CT molecular complexity index is 75.8. The molecule has 0 aromatic rings. The summed E-state index contributed by atoms with van der Waals surface area (Å²) >= 11 is 0. The molecule has 4 heteroatoms. The minimum Gasteiger partial charge on any atom is -0.328 e. The molecular formula is C7H17O3P. The van der Waals surface area contributed by atoms with Crippen molar-refractivity contribution >= 4 is 8.60 Å². The van der Waals surface area contributed by atoms with Crippen molar-refractivity contribution in [2.45, 2.75) is 33.1 Å². The van der Waals surface area contributed by atoms with Gasteiger partial charge in [-0.05, 0) is 12.3 Å². The van der Waals surface area contributed by atoms with Gasteiger partial charge in [-0.1, -0.05) is 26.7 Å². The van der Waals surface area contributed by atoms with E-state index in [-0.39, 0.29) is 0 Å². The van der Waals surface area contributed by atoms with Crippen molar-refractivity contribution in [3.8, 4) is 0 Å². The van der Waals surface area contributed by atoms with Gasteiger partial charge in [0.1, 0.15) is 0 Å². The van der Waals surface area contributed by atoms with Gasteiger partial charge >= 0.3 is 8.60 Å². The second kappa shape index (κ2) is 6.99. The molecule has 0 saturated heterocycles. The molecule has 0 aromatic carbocycles. The van der Waals surface area contributed by atoms with E-state index in [1.807, 2.05) is 0 Å². The van der Waals surface area contributed by atoms with Gasteiger partial charge in [-0.15, -0.1) is 0 Å². The average Bonchev–Trinajstić information content (AvgIpc) is 1.85. The first-order valence-electron chi connectivity index (χ1n) is 3.93. The van der Waals surface area contributed by atoms with Gasteiger partial charge in [0.05, 0.1) is 6.61 Å². The van der Waals surface area contributed by atoms with Crippen LogP contribution in [-0.4, -0.2) is 16.4 Å². The van der Waals surface area contributed by atoms with Gasteiger partial charge in [0.2, 0.25) is 0 Å². The Morgan fingerprint density at radius 2 is 1.91 bits per heavy atom. The smallest absolute Gasteiger partial charge is 0.327 e. The summed E-state index contributed by atoms with van der Waals surface area (Å²) in [5.74, 6) is 0.722. The molecule has 3 nitrogen and oxygen atoms in total. The molecule has 0 unspecified atom stereocenters. The van der Waals surface area contributed by atoms with Gasteiger partial charge in [0, 0.05) is 0 Å². The zero-order valence-electron chi connectivity index (χ0n) is 7.16. The Kier molecular flexibility index (Phi) is 7.18. The van der Waals surface area contributed by atoms with E-state index in [1.165, 1.54) is 6.42 Å². The highest BCUT2D eigenvalue weighted by Gasteiger charge is 1.98.